The fraction of sp³-hybridized carbons (Fsp3) is 0.286. The van der Waals surface area contributed by atoms with Gasteiger partial charge >= 0.3 is 5.97 Å². The quantitative estimate of drug-likeness (QED) is 0.806. The first-order chi connectivity index (χ1) is 6.06. The monoisotopic (exact) mass is 239 g/mol. The number of carbonyl (C=O) groups excluding carboxylic acids is 1. The summed E-state index contributed by atoms with van der Waals surface area (Å²) in [6.07, 6.45) is 0. The summed E-state index contributed by atoms with van der Waals surface area (Å²) in [5.74, 6) is -0.531. The summed E-state index contributed by atoms with van der Waals surface area (Å²) in [6, 6.07) is 0.706. The summed E-state index contributed by atoms with van der Waals surface area (Å²) in [5, 5.41) is 0. The van der Waals surface area contributed by atoms with E-state index in [1.807, 2.05) is 0 Å². The molecule has 1 heterocycles. The predicted molar refractivity (Wildman–Crippen MR) is 53.3 cm³/mol. The van der Waals surface area contributed by atoms with Crippen LogP contribution in [0.15, 0.2) is 6.07 Å². The molecule has 0 saturated carbocycles. The van der Waals surface area contributed by atoms with Gasteiger partial charge in [0, 0.05) is 5.56 Å². The molecule has 3 nitrogen and oxygen atoms in total. The number of hydrogen-bond acceptors (Lipinski definition) is 4. The van der Waals surface area contributed by atoms with Crippen molar-refractivity contribution in [3.05, 3.63) is 20.3 Å². The molecule has 0 aromatic carbocycles. The van der Waals surface area contributed by atoms with E-state index in [4.69, 9.17) is 28.9 Å². The third-order valence-corrected chi connectivity index (χ3v) is 2.99. The third kappa shape index (κ3) is 2.34. The van der Waals surface area contributed by atoms with Crippen molar-refractivity contribution < 1.29 is 9.53 Å². The maximum Gasteiger partial charge on any atom is 0.327 e. The van der Waals surface area contributed by atoms with Gasteiger partial charge in [0.2, 0.25) is 0 Å². The van der Waals surface area contributed by atoms with E-state index in [2.05, 4.69) is 4.74 Å². The van der Waals surface area contributed by atoms with Crippen molar-refractivity contribution in [1.82, 2.24) is 0 Å². The number of thiophene rings is 1. The molecule has 72 valence electrons. The first kappa shape index (κ1) is 10.8. The van der Waals surface area contributed by atoms with Crippen LogP contribution in [0.25, 0.3) is 0 Å². The summed E-state index contributed by atoms with van der Waals surface area (Å²) < 4.78 is 5.39. The van der Waals surface area contributed by atoms with E-state index >= 15 is 0 Å². The highest BCUT2D eigenvalue weighted by molar-refractivity contribution is 7.20. The first-order valence-electron chi connectivity index (χ1n) is 3.34. The van der Waals surface area contributed by atoms with Crippen LogP contribution in [0, 0.1) is 0 Å². The number of hydrogen-bond donors (Lipinski definition) is 1. The molecule has 0 bridgehead atoms. The standard InChI is InChI=1S/C7H7Cl2NO2S/c1-12-7(11)5(10)3-2-4(8)13-6(3)9/h2,5H,10H2,1H3. The molecule has 0 fully saturated rings. The van der Waals surface area contributed by atoms with Crippen molar-refractivity contribution in [3.63, 3.8) is 0 Å². The van der Waals surface area contributed by atoms with E-state index in [0.717, 1.165) is 0 Å². The molecule has 0 saturated heterocycles. The molecular formula is C7H7Cl2NO2S. The zero-order valence-electron chi connectivity index (χ0n) is 6.71. The van der Waals surface area contributed by atoms with E-state index in [-0.39, 0.29) is 0 Å². The van der Waals surface area contributed by atoms with Crippen LogP contribution in [0.5, 0.6) is 0 Å². The second kappa shape index (κ2) is 4.28. The summed E-state index contributed by atoms with van der Waals surface area (Å²) in [7, 11) is 1.27. The van der Waals surface area contributed by atoms with Gasteiger partial charge in [-0.25, -0.2) is 0 Å². The molecule has 1 aromatic heterocycles. The summed E-state index contributed by atoms with van der Waals surface area (Å²) in [4.78, 5) is 11.0. The molecule has 0 spiro atoms. The molecule has 0 aliphatic heterocycles. The van der Waals surface area contributed by atoms with Crippen molar-refractivity contribution in [2.24, 2.45) is 5.73 Å². The fourth-order valence-corrected chi connectivity index (χ4v) is 2.37. The van der Waals surface area contributed by atoms with Gasteiger partial charge in [0.1, 0.15) is 6.04 Å². The highest BCUT2D eigenvalue weighted by atomic mass is 35.5. The smallest absolute Gasteiger partial charge is 0.327 e. The Morgan fingerprint density at radius 2 is 2.31 bits per heavy atom. The zero-order valence-corrected chi connectivity index (χ0v) is 9.04. The Morgan fingerprint density at radius 1 is 1.69 bits per heavy atom. The van der Waals surface area contributed by atoms with Gasteiger partial charge in [-0.3, -0.25) is 4.79 Å². The lowest BCUT2D eigenvalue weighted by Crippen LogP contribution is -2.22. The van der Waals surface area contributed by atoms with Gasteiger partial charge in [0.15, 0.2) is 0 Å². The molecule has 0 amide bonds. The summed E-state index contributed by atoms with van der Waals surface area (Å²) >= 11 is 12.6. The van der Waals surface area contributed by atoms with Crippen LogP contribution in [0.4, 0.5) is 0 Å². The number of esters is 1. The van der Waals surface area contributed by atoms with Gasteiger partial charge in [0.05, 0.1) is 15.8 Å². The Morgan fingerprint density at radius 3 is 2.69 bits per heavy atom. The summed E-state index contributed by atoms with van der Waals surface area (Å²) in [5.41, 5.74) is 6.06. The molecule has 2 N–H and O–H groups in total. The normalized spacial score (nSPS) is 12.6. The topological polar surface area (TPSA) is 52.3 Å². The Bertz CT molecular complexity index is 326. The number of carbonyl (C=O) groups is 1. The Kier molecular flexibility index (Phi) is 3.55. The van der Waals surface area contributed by atoms with Crippen molar-refractivity contribution >= 4 is 40.5 Å². The van der Waals surface area contributed by atoms with Gasteiger partial charge in [0.25, 0.3) is 0 Å². The Balaban J connectivity index is 2.94. The lowest BCUT2D eigenvalue weighted by molar-refractivity contribution is -0.142. The predicted octanol–water partition coefficient (Wildman–Crippen LogP) is 2.23. The van der Waals surface area contributed by atoms with Crippen LogP contribution in [0.1, 0.15) is 11.6 Å². The molecular weight excluding hydrogens is 233 g/mol. The average Bonchev–Trinajstić information content (AvgIpc) is 2.42. The fourth-order valence-electron chi connectivity index (χ4n) is 0.819. The van der Waals surface area contributed by atoms with E-state index in [1.165, 1.54) is 18.4 Å². The van der Waals surface area contributed by atoms with Gasteiger partial charge in [-0.15, -0.1) is 11.3 Å². The zero-order chi connectivity index (χ0) is 10.0. The number of methoxy groups -OCH3 is 1. The van der Waals surface area contributed by atoms with E-state index < -0.39 is 12.0 Å². The van der Waals surface area contributed by atoms with Crippen molar-refractivity contribution in [3.8, 4) is 0 Å². The third-order valence-electron chi connectivity index (χ3n) is 1.47. The Labute approximate surface area is 89.4 Å². The van der Waals surface area contributed by atoms with Crippen molar-refractivity contribution in [2.45, 2.75) is 6.04 Å². The molecule has 1 rings (SSSR count). The molecule has 1 aromatic rings. The minimum atomic E-state index is -0.860. The van der Waals surface area contributed by atoms with E-state index in [1.54, 1.807) is 6.07 Å². The molecule has 0 aliphatic rings. The number of rotatable bonds is 2. The first-order valence-corrected chi connectivity index (χ1v) is 4.91. The molecule has 6 heteroatoms. The minimum absolute atomic E-state index is 0.419. The van der Waals surface area contributed by atoms with Gasteiger partial charge in [-0.05, 0) is 6.07 Å². The molecule has 1 unspecified atom stereocenters. The largest absolute Gasteiger partial charge is 0.468 e. The second-order valence-electron chi connectivity index (χ2n) is 2.28. The lowest BCUT2D eigenvalue weighted by Gasteiger charge is -2.06. The minimum Gasteiger partial charge on any atom is -0.468 e. The van der Waals surface area contributed by atoms with Crippen LogP contribution in [-0.2, 0) is 9.53 Å². The summed E-state index contributed by atoms with van der Waals surface area (Å²) in [6.45, 7) is 0. The van der Waals surface area contributed by atoms with Crippen molar-refractivity contribution in [2.75, 3.05) is 7.11 Å². The maximum absolute atomic E-state index is 11.0. The van der Waals surface area contributed by atoms with Gasteiger partial charge in [-0.2, -0.15) is 0 Å². The van der Waals surface area contributed by atoms with Crippen LogP contribution >= 0.6 is 34.5 Å². The van der Waals surface area contributed by atoms with Crippen LogP contribution in [0.2, 0.25) is 8.67 Å². The number of halogens is 2. The SMILES string of the molecule is COC(=O)C(N)c1cc(Cl)sc1Cl. The number of nitrogens with two attached hydrogens (primary N) is 1. The lowest BCUT2D eigenvalue weighted by atomic mass is 10.2. The van der Waals surface area contributed by atoms with Crippen LogP contribution < -0.4 is 5.73 Å². The molecule has 0 aliphatic carbocycles. The second-order valence-corrected chi connectivity index (χ2v) is 4.57. The van der Waals surface area contributed by atoms with E-state index in [0.29, 0.717) is 14.2 Å². The van der Waals surface area contributed by atoms with Crippen LogP contribution in [-0.4, -0.2) is 13.1 Å². The van der Waals surface area contributed by atoms with E-state index in [9.17, 15) is 4.79 Å². The van der Waals surface area contributed by atoms with Gasteiger partial charge in [-0.1, -0.05) is 23.2 Å². The molecule has 1 atom stereocenters. The molecule has 13 heavy (non-hydrogen) atoms. The highest BCUT2D eigenvalue weighted by Gasteiger charge is 2.21. The van der Waals surface area contributed by atoms with Crippen LogP contribution in [0.3, 0.4) is 0 Å². The Hall–Kier alpha value is -0.290. The molecule has 0 radical (unpaired) electrons. The average molecular weight is 240 g/mol. The highest BCUT2D eigenvalue weighted by Crippen LogP contribution is 2.34. The number of ether oxygens (including phenoxy) is 1. The van der Waals surface area contributed by atoms with Crippen molar-refractivity contribution in [1.29, 1.82) is 0 Å². The maximum atomic E-state index is 11.0. The van der Waals surface area contributed by atoms with Gasteiger partial charge < -0.3 is 10.5 Å².